The fourth-order valence-corrected chi connectivity index (χ4v) is 1.05. The van der Waals surface area contributed by atoms with Gasteiger partial charge in [-0.25, -0.2) is 0 Å². The smallest absolute Gasteiger partial charge is 0.0589 e. The van der Waals surface area contributed by atoms with Crippen LogP contribution in [-0.4, -0.2) is 11.0 Å². The summed E-state index contributed by atoms with van der Waals surface area (Å²) in [5.74, 6) is 0. The lowest BCUT2D eigenvalue weighted by molar-refractivity contribution is 0.637. The minimum absolute atomic E-state index is 0.207. The third kappa shape index (κ3) is 2.80. The van der Waals surface area contributed by atoms with Crippen LogP contribution >= 0.6 is 11.6 Å². The number of pyridine rings is 1. The molecule has 0 aliphatic heterocycles. The molecule has 2 nitrogen and oxygen atoms in total. The van der Waals surface area contributed by atoms with Crippen LogP contribution in [0.5, 0.6) is 0 Å². The molecule has 1 heterocycles. The highest BCUT2D eigenvalue weighted by atomic mass is 35.5. The fourth-order valence-electron chi connectivity index (χ4n) is 0.940. The van der Waals surface area contributed by atoms with E-state index in [1.54, 1.807) is 6.20 Å². The Hall–Kier alpha value is -0.600. The SMILES string of the molecule is CCC(N)Cc1ccc(Cl)cn1. The lowest BCUT2D eigenvalue weighted by Crippen LogP contribution is -2.21. The van der Waals surface area contributed by atoms with Gasteiger partial charge in [-0.3, -0.25) is 4.98 Å². The highest BCUT2D eigenvalue weighted by Gasteiger charge is 2.01. The molecule has 0 radical (unpaired) electrons. The molecule has 1 aromatic rings. The molecule has 0 aliphatic rings. The quantitative estimate of drug-likeness (QED) is 0.781. The Bertz CT molecular complexity index is 233. The lowest BCUT2D eigenvalue weighted by atomic mass is 10.1. The number of rotatable bonds is 3. The number of nitrogens with zero attached hydrogens (tertiary/aromatic N) is 1. The summed E-state index contributed by atoms with van der Waals surface area (Å²) < 4.78 is 0. The van der Waals surface area contributed by atoms with Gasteiger partial charge in [0.1, 0.15) is 0 Å². The first kappa shape index (κ1) is 9.49. The third-order valence-electron chi connectivity index (χ3n) is 1.78. The van der Waals surface area contributed by atoms with E-state index in [0.29, 0.717) is 5.02 Å². The summed E-state index contributed by atoms with van der Waals surface area (Å²) in [6, 6.07) is 3.96. The summed E-state index contributed by atoms with van der Waals surface area (Å²) >= 11 is 5.69. The standard InChI is InChI=1S/C9H13ClN2/c1-2-8(11)5-9-4-3-7(10)6-12-9/h3-4,6,8H,2,5,11H2,1H3. The number of hydrogen-bond acceptors (Lipinski definition) is 2. The second-order valence-corrected chi connectivity index (χ2v) is 3.28. The summed E-state index contributed by atoms with van der Waals surface area (Å²) in [7, 11) is 0. The Balaban J connectivity index is 2.58. The summed E-state index contributed by atoms with van der Waals surface area (Å²) in [6.45, 7) is 2.07. The Labute approximate surface area is 77.8 Å². The summed E-state index contributed by atoms with van der Waals surface area (Å²) in [5, 5.41) is 0.670. The second-order valence-electron chi connectivity index (χ2n) is 2.84. The molecule has 0 spiro atoms. The van der Waals surface area contributed by atoms with E-state index >= 15 is 0 Å². The highest BCUT2D eigenvalue weighted by Crippen LogP contribution is 2.07. The van der Waals surface area contributed by atoms with Gasteiger partial charge in [0.25, 0.3) is 0 Å². The van der Waals surface area contributed by atoms with Crippen LogP contribution in [0.1, 0.15) is 19.0 Å². The Morgan fingerprint density at radius 1 is 1.58 bits per heavy atom. The molecule has 0 aromatic carbocycles. The monoisotopic (exact) mass is 184 g/mol. The molecule has 1 atom stereocenters. The molecular formula is C9H13ClN2. The molecule has 1 unspecified atom stereocenters. The molecule has 0 fully saturated rings. The van der Waals surface area contributed by atoms with E-state index < -0.39 is 0 Å². The van der Waals surface area contributed by atoms with Crippen molar-refractivity contribution >= 4 is 11.6 Å². The van der Waals surface area contributed by atoms with Crippen molar-refractivity contribution in [1.82, 2.24) is 4.98 Å². The number of halogens is 1. The van der Waals surface area contributed by atoms with Gasteiger partial charge in [0.15, 0.2) is 0 Å². The molecule has 3 heteroatoms. The largest absolute Gasteiger partial charge is 0.327 e. The first-order valence-corrected chi connectivity index (χ1v) is 4.46. The van der Waals surface area contributed by atoms with Crippen LogP contribution in [0.25, 0.3) is 0 Å². The molecule has 0 saturated carbocycles. The normalized spacial score (nSPS) is 12.9. The van der Waals surface area contributed by atoms with E-state index in [2.05, 4.69) is 11.9 Å². The Kier molecular flexibility index (Phi) is 3.50. The number of nitrogens with two attached hydrogens (primary N) is 1. The number of hydrogen-bond donors (Lipinski definition) is 1. The minimum atomic E-state index is 0.207. The number of aromatic nitrogens is 1. The maximum absolute atomic E-state index is 5.77. The highest BCUT2D eigenvalue weighted by molar-refractivity contribution is 6.30. The molecule has 0 aliphatic carbocycles. The summed E-state index contributed by atoms with van der Waals surface area (Å²) in [5.41, 5.74) is 6.78. The zero-order valence-corrected chi connectivity index (χ0v) is 7.88. The lowest BCUT2D eigenvalue weighted by Gasteiger charge is -2.06. The summed E-state index contributed by atoms with van der Waals surface area (Å²) in [4.78, 5) is 4.15. The maximum Gasteiger partial charge on any atom is 0.0589 e. The van der Waals surface area contributed by atoms with Crippen molar-refractivity contribution in [1.29, 1.82) is 0 Å². The van der Waals surface area contributed by atoms with Crippen molar-refractivity contribution in [3.05, 3.63) is 29.0 Å². The van der Waals surface area contributed by atoms with Crippen LogP contribution < -0.4 is 5.73 Å². The van der Waals surface area contributed by atoms with Crippen molar-refractivity contribution in [3.63, 3.8) is 0 Å². The van der Waals surface area contributed by atoms with E-state index in [0.717, 1.165) is 18.5 Å². The van der Waals surface area contributed by atoms with Crippen molar-refractivity contribution in [3.8, 4) is 0 Å². The first-order valence-electron chi connectivity index (χ1n) is 4.08. The van der Waals surface area contributed by atoms with Gasteiger partial charge in [0, 0.05) is 24.4 Å². The molecule has 0 bridgehead atoms. The second kappa shape index (κ2) is 4.43. The molecule has 12 heavy (non-hydrogen) atoms. The van der Waals surface area contributed by atoms with Crippen LogP contribution in [0.2, 0.25) is 5.02 Å². The van der Waals surface area contributed by atoms with Crippen molar-refractivity contribution in [2.75, 3.05) is 0 Å². The van der Waals surface area contributed by atoms with Gasteiger partial charge in [-0.05, 0) is 18.6 Å². The zero-order valence-electron chi connectivity index (χ0n) is 7.13. The predicted octanol–water partition coefficient (Wildman–Crippen LogP) is 2.01. The molecule has 66 valence electrons. The van der Waals surface area contributed by atoms with Gasteiger partial charge >= 0.3 is 0 Å². The van der Waals surface area contributed by atoms with E-state index in [1.807, 2.05) is 12.1 Å². The van der Waals surface area contributed by atoms with E-state index in [9.17, 15) is 0 Å². The van der Waals surface area contributed by atoms with Gasteiger partial charge in [0.05, 0.1) is 5.02 Å². The van der Waals surface area contributed by atoms with E-state index in [1.165, 1.54) is 0 Å². The summed E-state index contributed by atoms with van der Waals surface area (Å²) in [6.07, 6.45) is 3.46. The minimum Gasteiger partial charge on any atom is -0.327 e. The van der Waals surface area contributed by atoms with Gasteiger partial charge in [-0.1, -0.05) is 18.5 Å². The average molecular weight is 185 g/mol. The van der Waals surface area contributed by atoms with Crippen molar-refractivity contribution in [2.24, 2.45) is 5.73 Å². The molecular weight excluding hydrogens is 172 g/mol. The molecule has 1 rings (SSSR count). The Morgan fingerprint density at radius 2 is 2.33 bits per heavy atom. The first-order chi connectivity index (χ1) is 5.72. The van der Waals surface area contributed by atoms with Gasteiger partial charge < -0.3 is 5.73 Å². The average Bonchev–Trinajstić information content (AvgIpc) is 2.09. The molecule has 2 N–H and O–H groups in total. The zero-order chi connectivity index (χ0) is 8.97. The predicted molar refractivity (Wildman–Crippen MR) is 51.2 cm³/mol. The van der Waals surface area contributed by atoms with Gasteiger partial charge in [-0.15, -0.1) is 0 Å². The Morgan fingerprint density at radius 3 is 2.83 bits per heavy atom. The molecule has 0 amide bonds. The van der Waals surface area contributed by atoms with E-state index in [4.69, 9.17) is 17.3 Å². The van der Waals surface area contributed by atoms with Gasteiger partial charge in [0.2, 0.25) is 0 Å². The third-order valence-corrected chi connectivity index (χ3v) is 2.01. The molecule has 0 saturated heterocycles. The topological polar surface area (TPSA) is 38.9 Å². The maximum atomic E-state index is 5.77. The van der Waals surface area contributed by atoms with Crippen molar-refractivity contribution < 1.29 is 0 Å². The van der Waals surface area contributed by atoms with Crippen LogP contribution in [-0.2, 0) is 6.42 Å². The van der Waals surface area contributed by atoms with Crippen LogP contribution in [0.4, 0.5) is 0 Å². The molecule has 1 aromatic heterocycles. The van der Waals surface area contributed by atoms with Crippen LogP contribution in [0, 0.1) is 0 Å². The van der Waals surface area contributed by atoms with Crippen LogP contribution in [0.15, 0.2) is 18.3 Å². The fraction of sp³-hybridized carbons (Fsp3) is 0.444. The van der Waals surface area contributed by atoms with Crippen LogP contribution in [0.3, 0.4) is 0 Å². The van der Waals surface area contributed by atoms with E-state index in [-0.39, 0.29) is 6.04 Å². The van der Waals surface area contributed by atoms with Gasteiger partial charge in [-0.2, -0.15) is 0 Å². The van der Waals surface area contributed by atoms with Crippen molar-refractivity contribution in [2.45, 2.75) is 25.8 Å².